The average molecular weight is 809 g/mol. The third-order valence-electron chi connectivity index (χ3n) is 12.2. The number of fused-ring (bicyclic) bond motifs is 9. The van der Waals surface area contributed by atoms with Gasteiger partial charge in [0.05, 0.1) is 33.9 Å². The largest absolute Gasteiger partial charge is 0.255 e. The molecule has 1 spiro atoms. The first-order valence-electron chi connectivity index (χ1n) is 20.9. The molecule has 12 rings (SSSR count). The van der Waals surface area contributed by atoms with Crippen molar-refractivity contribution in [2.24, 2.45) is 0 Å². The van der Waals surface area contributed by atoms with Gasteiger partial charge < -0.3 is 0 Å². The van der Waals surface area contributed by atoms with E-state index in [4.69, 9.17) is 19.9 Å². The Bertz CT molecular complexity index is 2980. The Morgan fingerprint density at radius 3 is 1.42 bits per heavy atom. The molecular weight excluding hydrogens is 773 g/mol. The molecule has 1 aliphatic heterocycles. The molecule has 0 saturated carbocycles. The molecule has 0 unspecified atom stereocenters. The monoisotopic (exact) mass is 808 g/mol. The first-order valence-corrected chi connectivity index (χ1v) is 21.7. The molecule has 2 aliphatic rings. The van der Waals surface area contributed by atoms with Crippen molar-refractivity contribution in [2.75, 3.05) is 0 Å². The average Bonchev–Trinajstić information content (AvgIpc) is 3.65. The maximum absolute atomic E-state index is 5.24. The lowest BCUT2D eigenvalue weighted by atomic mass is 9.67. The van der Waals surface area contributed by atoms with Crippen LogP contribution in [0, 0.1) is 0 Å². The first-order chi connectivity index (χ1) is 30.7. The zero-order valence-corrected chi connectivity index (χ0v) is 34.3. The van der Waals surface area contributed by atoms with Crippen LogP contribution in [0.25, 0.3) is 78.8 Å². The Labute approximate surface area is 364 Å². The van der Waals surface area contributed by atoms with Gasteiger partial charge in [-0.3, -0.25) is 4.98 Å². The Balaban J connectivity index is 1.07. The zero-order chi connectivity index (χ0) is 41.0. The summed E-state index contributed by atoms with van der Waals surface area (Å²) in [6, 6.07) is 75.5. The van der Waals surface area contributed by atoms with Gasteiger partial charge in [-0.15, -0.1) is 0 Å². The highest BCUT2D eigenvalue weighted by atomic mass is 32.2. The first kappa shape index (κ1) is 36.1. The number of benzene rings is 7. The molecule has 10 aromatic rings. The van der Waals surface area contributed by atoms with Crippen LogP contribution in [0.15, 0.2) is 228 Å². The molecule has 0 radical (unpaired) electrons. The lowest BCUT2D eigenvalue weighted by Gasteiger charge is -2.40. The van der Waals surface area contributed by atoms with E-state index in [9.17, 15) is 0 Å². The summed E-state index contributed by atoms with van der Waals surface area (Å²) in [4.78, 5) is 22.6. The van der Waals surface area contributed by atoms with Crippen LogP contribution in [-0.4, -0.2) is 19.9 Å². The van der Waals surface area contributed by atoms with Gasteiger partial charge in [0, 0.05) is 38.2 Å². The van der Waals surface area contributed by atoms with Crippen molar-refractivity contribution in [2.45, 2.75) is 15.2 Å². The van der Waals surface area contributed by atoms with Crippen molar-refractivity contribution in [1.82, 2.24) is 19.9 Å². The molecular formula is C57H36N4S. The van der Waals surface area contributed by atoms with Gasteiger partial charge in [0.1, 0.15) is 0 Å². The van der Waals surface area contributed by atoms with Crippen LogP contribution >= 0.6 is 11.8 Å². The predicted octanol–water partition coefficient (Wildman–Crippen LogP) is 14.1. The molecule has 3 aromatic heterocycles. The summed E-state index contributed by atoms with van der Waals surface area (Å²) in [5.74, 6) is 0.703. The fourth-order valence-electron chi connectivity index (χ4n) is 9.42. The Morgan fingerprint density at radius 1 is 0.306 bits per heavy atom. The second kappa shape index (κ2) is 14.8. The minimum atomic E-state index is -0.525. The van der Waals surface area contributed by atoms with E-state index in [2.05, 4.69) is 164 Å². The van der Waals surface area contributed by atoms with Crippen molar-refractivity contribution in [3.8, 4) is 78.8 Å². The molecule has 0 saturated heterocycles. The lowest BCUT2D eigenvalue weighted by Crippen LogP contribution is -2.32. The Hall–Kier alpha value is -7.73. The fourth-order valence-corrected chi connectivity index (χ4v) is 10.7. The van der Waals surface area contributed by atoms with Crippen molar-refractivity contribution < 1.29 is 0 Å². The molecule has 0 N–H and O–H groups in total. The molecule has 290 valence electrons. The fraction of sp³-hybridized carbons (Fsp3) is 0.0175. The molecule has 4 heterocycles. The SMILES string of the molecule is c1ccc(-c2cc(-c3ccc4c(c3)Sc3cc(-c5cc(-c6ccccc6)nc(-c6ccccc6)n5)ccc3C43c4ccccc4-c4ccccc43)cc(-c3ccccn3)n2)cc1. The van der Waals surface area contributed by atoms with Crippen LogP contribution in [-0.2, 0) is 5.41 Å². The van der Waals surface area contributed by atoms with Gasteiger partial charge in [-0.25, -0.2) is 15.0 Å². The lowest BCUT2D eigenvalue weighted by molar-refractivity contribution is 0.723. The second-order valence-electron chi connectivity index (χ2n) is 15.8. The minimum Gasteiger partial charge on any atom is -0.255 e. The van der Waals surface area contributed by atoms with Gasteiger partial charge in [-0.05, 0) is 87.0 Å². The van der Waals surface area contributed by atoms with E-state index in [1.807, 2.05) is 66.5 Å². The van der Waals surface area contributed by atoms with Gasteiger partial charge in [-0.1, -0.05) is 182 Å². The van der Waals surface area contributed by atoms with Crippen LogP contribution in [0.4, 0.5) is 0 Å². The zero-order valence-electron chi connectivity index (χ0n) is 33.5. The summed E-state index contributed by atoms with van der Waals surface area (Å²) in [5, 5.41) is 0. The number of aromatic nitrogens is 4. The summed E-state index contributed by atoms with van der Waals surface area (Å²) in [5.41, 5.74) is 17.9. The maximum atomic E-state index is 5.24. The van der Waals surface area contributed by atoms with Crippen LogP contribution in [0.3, 0.4) is 0 Å². The van der Waals surface area contributed by atoms with E-state index >= 15 is 0 Å². The van der Waals surface area contributed by atoms with E-state index in [0.29, 0.717) is 5.82 Å². The highest BCUT2D eigenvalue weighted by Crippen LogP contribution is 2.62. The van der Waals surface area contributed by atoms with E-state index in [-0.39, 0.29) is 0 Å². The quantitative estimate of drug-likeness (QED) is 0.167. The van der Waals surface area contributed by atoms with E-state index < -0.39 is 5.41 Å². The van der Waals surface area contributed by atoms with Crippen LogP contribution in [0.1, 0.15) is 22.3 Å². The summed E-state index contributed by atoms with van der Waals surface area (Å²) in [6.45, 7) is 0. The third-order valence-corrected chi connectivity index (χ3v) is 13.3. The van der Waals surface area contributed by atoms with Crippen molar-refractivity contribution in [3.63, 3.8) is 0 Å². The minimum absolute atomic E-state index is 0.525. The number of nitrogens with zero attached hydrogens (tertiary/aromatic N) is 4. The summed E-state index contributed by atoms with van der Waals surface area (Å²) in [6.07, 6.45) is 1.83. The molecule has 62 heavy (non-hydrogen) atoms. The molecule has 7 aromatic carbocycles. The Kier molecular flexibility index (Phi) is 8.61. The number of rotatable bonds is 6. The number of hydrogen-bond donors (Lipinski definition) is 0. The molecule has 5 heteroatoms. The number of hydrogen-bond acceptors (Lipinski definition) is 5. The normalized spacial score (nSPS) is 12.9. The van der Waals surface area contributed by atoms with Gasteiger partial charge >= 0.3 is 0 Å². The molecule has 4 nitrogen and oxygen atoms in total. The van der Waals surface area contributed by atoms with Gasteiger partial charge in [0.2, 0.25) is 0 Å². The highest BCUT2D eigenvalue weighted by Gasteiger charge is 2.50. The maximum Gasteiger partial charge on any atom is 0.160 e. The van der Waals surface area contributed by atoms with Crippen molar-refractivity contribution in [1.29, 1.82) is 0 Å². The van der Waals surface area contributed by atoms with Crippen molar-refractivity contribution >= 4 is 11.8 Å². The second-order valence-corrected chi connectivity index (χ2v) is 16.9. The van der Waals surface area contributed by atoms with Crippen LogP contribution < -0.4 is 0 Å². The third kappa shape index (κ3) is 5.93. The summed E-state index contributed by atoms with van der Waals surface area (Å²) >= 11 is 1.84. The van der Waals surface area contributed by atoms with Crippen molar-refractivity contribution in [3.05, 3.63) is 241 Å². The molecule has 0 atom stereocenters. The molecule has 1 aliphatic carbocycles. The van der Waals surface area contributed by atoms with Crippen LogP contribution in [0.2, 0.25) is 0 Å². The van der Waals surface area contributed by atoms with Gasteiger partial charge in [-0.2, -0.15) is 0 Å². The van der Waals surface area contributed by atoms with E-state index in [1.165, 1.54) is 43.2 Å². The summed E-state index contributed by atoms with van der Waals surface area (Å²) in [7, 11) is 0. The number of pyridine rings is 2. The van der Waals surface area contributed by atoms with E-state index in [0.717, 1.165) is 61.9 Å². The topological polar surface area (TPSA) is 51.6 Å². The molecule has 0 amide bonds. The predicted molar refractivity (Wildman–Crippen MR) is 252 cm³/mol. The van der Waals surface area contributed by atoms with Gasteiger partial charge in [0.25, 0.3) is 0 Å². The Morgan fingerprint density at radius 2 is 0.806 bits per heavy atom. The molecule has 0 fully saturated rings. The van der Waals surface area contributed by atoms with Crippen LogP contribution in [0.5, 0.6) is 0 Å². The smallest absolute Gasteiger partial charge is 0.160 e. The van der Waals surface area contributed by atoms with Gasteiger partial charge in [0.15, 0.2) is 5.82 Å². The van der Waals surface area contributed by atoms with E-state index in [1.54, 1.807) is 0 Å². The summed E-state index contributed by atoms with van der Waals surface area (Å²) < 4.78 is 0. The standard InChI is InChI=1S/C57H36N4S/c1-4-16-37(17-5-1)50-32-42(33-53(59-50)49-26-14-15-31-58-49)40-27-29-47-54(34-40)62-55-35-41(28-30-48(55)57(47)45-24-12-10-22-43(45)44-23-11-13-25-46(44)57)52-36-51(38-18-6-2-7-19-38)60-56(61-52)39-20-8-3-9-21-39/h1-36H. The highest BCUT2D eigenvalue weighted by molar-refractivity contribution is 7.99. The molecule has 0 bridgehead atoms.